The van der Waals surface area contributed by atoms with Crippen molar-refractivity contribution in [2.24, 2.45) is 11.8 Å². The third-order valence-electron chi connectivity index (χ3n) is 3.35. The summed E-state index contributed by atoms with van der Waals surface area (Å²) in [6.07, 6.45) is 0.991. The summed E-state index contributed by atoms with van der Waals surface area (Å²) >= 11 is 1.49. The Morgan fingerprint density at radius 3 is 3.05 bits per heavy atom. The zero-order chi connectivity index (χ0) is 13.4. The Morgan fingerprint density at radius 1 is 1.58 bits per heavy atom. The Kier molecular flexibility index (Phi) is 3.14. The Bertz CT molecular complexity index is 623. The number of carbonyl (C=O) groups excluding carboxylic acids is 1. The fourth-order valence-corrected chi connectivity index (χ4v) is 3.00. The number of benzene rings is 1. The molecule has 0 bridgehead atoms. The Balaban J connectivity index is 1.79. The largest absolute Gasteiger partial charge is 0.494 e. The van der Waals surface area contributed by atoms with Gasteiger partial charge in [-0.3, -0.25) is 4.79 Å². The molecule has 0 saturated heterocycles. The highest BCUT2D eigenvalue weighted by molar-refractivity contribution is 7.22. The third kappa shape index (κ3) is 2.56. The molecule has 100 valence electrons. The van der Waals surface area contributed by atoms with Crippen molar-refractivity contribution >= 4 is 32.6 Å². The number of hydrogen-bond acceptors (Lipinski definition) is 4. The van der Waals surface area contributed by atoms with Crippen molar-refractivity contribution in [1.29, 1.82) is 0 Å². The van der Waals surface area contributed by atoms with E-state index in [9.17, 15) is 4.79 Å². The molecule has 3 rings (SSSR count). The minimum Gasteiger partial charge on any atom is -0.494 e. The molecule has 1 heterocycles. The fraction of sp³-hybridized carbons (Fsp3) is 0.429. The molecule has 1 N–H and O–H groups in total. The maximum atomic E-state index is 11.9. The minimum atomic E-state index is 0.0941. The molecule has 1 amide bonds. The monoisotopic (exact) mass is 276 g/mol. The van der Waals surface area contributed by atoms with E-state index in [-0.39, 0.29) is 11.8 Å². The van der Waals surface area contributed by atoms with Crippen molar-refractivity contribution in [3.05, 3.63) is 18.2 Å². The van der Waals surface area contributed by atoms with Crippen LogP contribution >= 0.6 is 11.3 Å². The molecule has 0 aliphatic heterocycles. The van der Waals surface area contributed by atoms with Crippen molar-refractivity contribution in [3.63, 3.8) is 0 Å². The Hall–Kier alpha value is -1.62. The number of aromatic nitrogens is 1. The van der Waals surface area contributed by atoms with Crippen LogP contribution in [0.5, 0.6) is 5.75 Å². The van der Waals surface area contributed by atoms with Gasteiger partial charge in [-0.25, -0.2) is 4.98 Å². The highest BCUT2D eigenvalue weighted by Crippen LogP contribution is 2.39. The summed E-state index contributed by atoms with van der Waals surface area (Å²) in [4.78, 5) is 16.3. The summed E-state index contributed by atoms with van der Waals surface area (Å²) in [6, 6.07) is 5.79. The first-order chi connectivity index (χ1) is 9.17. The normalized spacial score (nSPS) is 21.4. The molecule has 1 fully saturated rings. The zero-order valence-corrected chi connectivity index (χ0v) is 11.8. The molecular weight excluding hydrogens is 260 g/mol. The Labute approximate surface area is 115 Å². The second-order valence-electron chi connectivity index (χ2n) is 4.89. The highest BCUT2D eigenvalue weighted by atomic mass is 32.1. The molecule has 1 aliphatic rings. The van der Waals surface area contributed by atoms with E-state index in [1.54, 1.807) is 0 Å². The molecule has 1 aromatic heterocycles. The van der Waals surface area contributed by atoms with Crippen molar-refractivity contribution in [2.45, 2.75) is 20.3 Å². The van der Waals surface area contributed by atoms with Crippen molar-refractivity contribution < 1.29 is 9.53 Å². The summed E-state index contributed by atoms with van der Waals surface area (Å²) in [5, 5.41) is 3.58. The molecule has 2 unspecified atom stereocenters. The van der Waals surface area contributed by atoms with Crippen LogP contribution in [0.3, 0.4) is 0 Å². The molecule has 0 radical (unpaired) electrons. The van der Waals surface area contributed by atoms with Crippen molar-refractivity contribution in [3.8, 4) is 5.75 Å². The van der Waals surface area contributed by atoms with Crippen LogP contribution in [0.4, 0.5) is 5.13 Å². The van der Waals surface area contributed by atoms with E-state index in [0.717, 1.165) is 22.4 Å². The molecule has 5 heteroatoms. The zero-order valence-electron chi connectivity index (χ0n) is 11.0. The van der Waals surface area contributed by atoms with Gasteiger partial charge in [-0.05, 0) is 37.5 Å². The first-order valence-corrected chi connectivity index (χ1v) is 7.33. The molecule has 0 spiro atoms. The van der Waals surface area contributed by atoms with Crippen molar-refractivity contribution in [1.82, 2.24) is 4.98 Å². The number of ether oxygens (including phenoxy) is 1. The number of nitrogens with zero attached hydrogens (tertiary/aromatic N) is 1. The molecule has 19 heavy (non-hydrogen) atoms. The SMILES string of the molecule is CCOc1ccc2nc(NC(=O)C3CC3C)sc2c1. The lowest BCUT2D eigenvalue weighted by Gasteiger charge is -2.00. The smallest absolute Gasteiger partial charge is 0.229 e. The van der Waals surface area contributed by atoms with Gasteiger partial charge in [-0.15, -0.1) is 0 Å². The van der Waals surface area contributed by atoms with Gasteiger partial charge in [0, 0.05) is 5.92 Å². The number of amides is 1. The second-order valence-corrected chi connectivity index (χ2v) is 5.92. The van der Waals surface area contributed by atoms with E-state index < -0.39 is 0 Å². The second kappa shape index (κ2) is 4.81. The van der Waals surface area contributed by atoms with Gasteiger partial charge in [0.05, 0.1) is 16.8 Å². The molecule has 4 nitrogen and oxygen atoms in total. The average Bonchev–Trinajstić information content (AvgIpc) is 2.97. The average molecular weight is 276 g/mol. The molecule has 2 aromatic rings. The number of carbonyl (C=O) groups is 1. The number of nitrogens with one attached hydrogen (secondary N) is 1. The molecule has 1 aromatic carbocycles. The van der Waals surface area contributed by atoms with Crippen LogP contribution in [-0.2, 0) is 4.79 Å². The maximum Gasteiger partial charge on any atom is 0.229 e. The first kappa shape index (κ1) is 12.4. The van der Waals surface area contributed by atoms with E-state index >= 15 is 0 Å². The summed E-state index contributed by atoms with van der Waals surface area (Å²) in [6.45, 7) is 4.70. The quantitative estimate of drug-likeness (QED) is 0.932. The van der Waals surface area contributed by atoms with Gasteiger partial charge < -0.3 is 10.1 Å². The summed E-state index contributed by atoms with van der Waals surface area (Å²) in [5.41, 5.74) is 0.896. The van der Waals surface area contributed by atoms with Gasteiger partial charge in [-0.1, -0.05) is 18.3 Å². The lowest BCUT2D eigenvalue weighted by Crippen LogP contribution is -2.14. The topological polar surface area (TPSA) is 51.2 Å². The lowest BCUT2D eigenvalue weighted by molar-refractivity contribution is -0.117. The van der Waals surface area contributed by atoms with E-state index in [1.807, 2.05) is 25.1 Å². The van der Waals surface area contributed by atoms with Crippen LogP contribution in [0, 0.1) is 11.8 Å². The highest BCUT2D eigenvalue weighted by Gasteiger charge is 2.39. The first-order valence-electron chi connectivity index (χ1n) is 6.51. The third-order valence-corrected chi connectivity index (χ3v) is 4.28. The number of anilines is 1. The van der Waals surface area contributed by atoms with Crippen LogP contribution in [0.25, 0.3) is 10.2 Å². The minimum absolute atomic E-state index is 0.0941. The van der Waals surface area contributed by atoms with Gasteiger partial charge >= 0.3 is 0 Å². The number of rotatable bonds is 4. The van der Waals surface area contributed by atoms with Gasteiger partial charge in [0.2, 0.25) is 5.91 Å². The van der Waals surface area contributed by atoms with E-state index in [2.05, 4.69) is 17.2 Å². The van der Waals surface area contributed by atoms with Gasteiger partial charge in [-0.2, -0.15) is 0 Å². The van der Waals surface area contributed by atoms with Gasteiger partial charge in [0.25, 0.3) is 0 Å². The molecular formula is C14H16N2O2S. The fourth-order valence-electron chi connectivity index (χ4n) is 2.10. The molecule has 1 saturated carbocycles. The van der Waals surface area contributed by atoms with Crippen LogP contribution in [0.2, 0.25) is 0 Å². The number of hydrogen-bond donors (Lipinski definition) is 1. The number of fused-ring (bicyclic) bond motifs is 1. The molecule has 1 aliphatic carbocycles. The van der Waals surface area contributed by atoms with Crippen LogP contribution in [-0.4, -0.2) is 17.5 Å². The van der Waals surface area contributed by atoms with Gasteiger partial charge in [0.1, 0.15) is 5.75 Å². The van der Waals surface area contributed by atoms with Gasteiger partial charge in [0.15, 0.2) is 5.13 Å². The predicted molar refractivity (Wildman–Crippen MR) is 76.7 cm³/mol. The standard InChI is InChI=1S/C14H16N2O2S/c1-3-18-9-4-5-11-12(7-9)19-14(15-11)16-13(17)10-6-8(10)2/h4-5,7-8,10H,3,6H2,1-2H3,(H,15,16,17). The van der Waals surface area contributed by atoms with E-state index in [0.29, 0.717) is 17.7 Å². The van der Waals surface area contributed by atoms with E-state index in [4.69, 9.17) is 4.74 Å². The summed E-state index contributed by atoms with van der Waals surface area (Å²) < 4.78 is 6.49. The summed E-state index contributed by atoms with van der Waals surface area (Å²) in [7, 11) is 0. The van der Waals surface area contributed by atoms with Crippen LogP contribution in [0.15, 0.2) is 18.2 Å². The molecule has 2 atom stereocenters. The maximum absolute atomic E-state index is 11.9. The van der Waals surface area contributed by atoms with Crippen LogP contribution < -0.4 is 10.1 Å². The summed E-state index contributed by atoms with van der Waals surface area (Å²) in [5.74, 6) is 1.62. The predicted octanol–water partition coefficient (Wildman–Crippen LogP) is 3.29. The van der Waals surface area contributed by atoms with Crippen LogP contribution in [0.1, 0.15) is 20.3 Å². The van der Waals surface area contributed by atoms with Crippen molar-refractivity contribution in [2.75, 3.05) is 11.9 Å². The van der Waals surface area contributed by atoms with E-state index in [1.165, 1.54) is 11.3 Å². The Morgan fingerprint density at radius 2 is 2.37 bits per heavy atom. The lowest BCUT2D eigenvalue weighted by atomic mass is 10.3. The number of thiazole rings is 1.